The van der Waals surface area contributed by atoms with Crippen LogP contribution in [0.4, 0.5) is 0 Å². The summed E-state index contributed by atoms with van der Waals surface area (Å²) in [5, 5.41) is 11.3. The predicted octanol–water partition coefficient (Wildman–Crippen LogP) is 3.38. The fraction of sp³-hybridized carbons (Fsp3) is 0.529. The first-order valence-corrected chi connectivity index (χ1v) is 7.25. The molecule has 1 aromatic rings. The first kappa shape index (κ1) is 19.2. The molecule has 0 aliphatic carbocycles. The van der Waals surface area contributed by atoms with Crippen molar-refractivity contribution in [2.24, 2.45) is 0 Å². The molecule has 0 atom stereocenters. The summed E-state index contributed by atoms with van der Waals surface area (Å²) in [6.45, 7) is 11.2. The molecule has 0 unspecified atom stereocenters. The lowest BCUT2D eigenvalue weighted by atomic mass is 9.93. The van der Waals surface area contributed by atoms with Gasteiger partial charge in [0.1, 0.15) is 5.54 Å². The molecule has 0 aromatic heterocycles. The van der Waals surface area contributed by atoms with E-state index in [-0.39, 0.29) is 5.91 Å². The van der Waals surface area contributed by atoms with E-state index in [2.05, 4.69) is 44.3 Å². The number of amides is 1. The molecule has 0 saturated heterocycles. The number of carboxylic acid groups (broad SMARTS) is 1. The van der Waals surface area contributed by atoms with Gasteiger partial charge in [0, 0.05) is 6.92 Å². The number of carbonyl (C=O) groups excluding carboxylic acids is 1. The molecule has 0 aliphatic heterocycles. The monoisotopic (exact) mass is 293 g/mol. The smallest absolute Gasteiger partial charge is 0.329 e. The second-order valence-corrected chi connectivity index (χ2v) is 5.29. The van der Waals surface area contributed by atoms with Crippen molar-refractivity contribution in [3.8, 4) is 0 Å². The molecule has 21 heavy (non-hydrogen) atoms. The van der Waals surface area contributed by atoms with Crippen molar-refractivity contribution < 1.29 is 14.7 Å². The molecule has 1 aromatic carbocycles. The molecule has 1 rings (SSSR count). The second kappa shape index (κ2) is 8.45. The Balaban J connectivity index is 0.000000394. The standard InChI is InChI=1S/C9H12.C8H15NO3/c1-7-5-4-6-8(2)9(7)3;1-4-8(5-2,7(11)12)9-6(3)10/h4-6H,1-3H3;4-5H2,1-3H3,(H,9,10)(H,11,12). The average molecular weight is 293 g/mol. The number of rotatable bonds is 4. The normalized spacial score (nSPS) is 10.4. The number of carboxylic acids is 1. The van der Waals surface area contributed by atoms with E-state index in [0.717, 1.165) is 0 Å². The molecule has 0 radical (unpaired) electrons. The molecule has 0 aliphatic rings. The van der Waals surface area contributed by atoms with E-state index in [0.29, 0.717) is 12.8 Å². The molecule has 118 valence electrons. The zero-order valence-electron chi connectivity index (χ0n) is 13.9. The van der Waals surface area contributed by atoms with Crippen LogP contribution < -0.4 is 5.32 Å². The molecule has 0 heterocycles. The summed E-state index contributed by atoms with van der Waals surface area (Å²) in [5.74, 6) is -1.27. The second-order valence-electron chi connectivity index (χ2n) is 5.29. The first-order chi connectivity index (χ1) is 9.70. The Labute approximate surface area is 127 Å². The molecular formula is C17H27NO3. The Bertz CT molecular complexity index is 471. The summed E-state index contributed by atoms with van der Waals surface area (Å²) in [5.41, 5.74) is 3.11. The van der Waals surface area contributed by atoms with Gasteiger partial charge in [0.2, 0.25) is 5.91 Å². The van der Waals surface area contributed by atoms with E-state index in [1.807, 2.05) is 0 Å². The fourth-order valence-electron chi connectivity index (χ4n) is 2.02. The third kappa shape index (κ3) is 5.58. The Hall–Kier alpha value is -1.84. The van der Waals surface area contributed by atoms with Gasteiger partial charge in [0.05, 0.1) is 0 Å². The molecule has 1 amide bonds. The maximum Gasteiger partial charge on any atom is 0.329 e. The SMILES string of the molecule is CCC(CC)(NC(C)=O)C(=O)O.Cc1cccc(C)c1C. The predicted molar refractivity (Wildman–Crippen MR) is 85.4 cm³/mol. The molecule has 0 spiro atoms. The van der Waals surface area contributed by atoms with Crippen molar-refractivity contribution in [2.45, 2.75) is 59.9 Å². The van der Waals surface area contributed by atoms with E-state index in [9.17, 15) is 9.59 Å². The molecule has 0 saturated carbocycles. The summed E-state index contributed by atoms with van der Waals surface area (Å²) < 4.78 is 0. The highest BCUT2D eigenvalue weighted by Gasteiger charge is 2.35. The van der Waals surface area contributed by atoms with Crippen molar-refractivity contribution in [1.82, 2.24) is 5.32 Å². The minimum absolute atomic E-state index is 0.305. The zero-order chi connectivity index (χ0) is 16.6. The van der Waals surface area contributed by atoms with Gasteiger partial charge in [-0.15, -0.1) is 0 Å². The molecule has 4 heteroatoms. The van der Waals surface area contributed by atoms with Crippen molar-refractivity contribution in [2.75, 3.05) is 0 Å². The van der Waals surface area contributed by atoms with Gasteiger partial charge in [-0.25, -0.2) is 4.79 Å². The quantitative estimate of drug-likeness (QED) is 0.894. The lowest BCUT2D eigenvalue weighted by Gasteiger charge is -2.27. The van der Waals surface area contributed by atoms with Crippen LogP contribution >= 0.6 is 0 Å². The maximum absolute atomic E-state index is 10.8. The van der Waals surface area contributed by atoms with E-state index in [4.69, 9.17) is 5.11 Å². The first-order valence-electron chi connectivity index (χ1n) is 7.25. The number of hydrogen-bond acceptors (Lipinski definition) is 2. The highest BCUT2D eigenvalue weighted by Crippen LogP contribution is 2.14. The van der Waals surface area contributed by atoms with Crippen molar-refractivity contribution in [3.63, 3.8) is 0 Å². The highest BCUT2D eigenvalue weighted by molar-refractivity contribution is 5.85. The Morgan fingerprint density at radius 2 is 1.52 bits per heavy atom. The Morgan fingerprint density at radius 3 is 1.71 bits per heavy atom. The number of nitrogens with one attached hydrogen (secondary N) is 1. The zero-order valence-corrected chi connectivity index (χ0v) is 13.9. The third-order valence-electron chi connectivity index (χ3n) is 3.91. The van der Waals surface area contributed by atoms with Gasteiger partial charge in [0.25, 0.3) is 0 Å². The van der Waals surface area contributed by atoms with Gasteiger partial charge in [-0.3, -0.25) is 4.79 Å². The van der Waals surface area contributed by atoms with Crippen LogP contribution in [0.25, 0.3) is 0 Å². The topological polar surface area (TPSA) is 66.4 Å². The molecular weight excluding hydrogens is 266 g/mol. The van der Waals surface area contributed by atoms with E-state index < -0.39 is 11.5 Å². The summed E-state index contributed by atoms with van der Waals surface area (Å²) in [7, 11) is 0. The van der Waals surface area contributed by atoms with Crippen LogP contribution in [0, 0.1) is 20.8 Å². The minimum atomic E-state index is -1.08. The summed E-state index contributed by atoms with van der Waals surface area (Å²) in [6.07, 6.45) is 0.802. The van der Waals surface area contributed by atoms with Gasteiger partial charge in [-0.05, 0) is 50.3 Å². The van der Waals surface area contributed by atoms with Crippen LogP contribution in [0.5, 0.6) is 0 Å². The van der Waals surface area contributed by atoms with Gasteiger partial charge in [-0.1, -0.05) is 32.0 Å². The fourth-order valence-corrected chi connectivity index (χ4v) is 2.02. The van der Waals surface area contributed by atoms with Crippen LogP contribution in [0.15, 0.2) is 18.2 Å². The minimum Gasteiger partial charge on any atom is -0.480 e. The number of benzene rings is 1. The summed E-state index contributed by atoms with van der Waals surface area (Å²) in [6, 6.07) is 6.38. The maximum atomic E-state index is 10.8. The number of hydrogen-bond donors (Lipinski definition) is 2. The summed E-state index contributed by atoms with van der Waals surface area (Å²) >= 11 is 0. The molecule has 0 bridgehead atoms. The summed E-state index contributed by atoms with van der Waals surface area (Å²) in [4.78, 5) is 21.5. The number of aryl methyl sites for hydroxylation is 2. The van der Waals surface area contributed by atoms with E-state index in [1.54, 1.807) is 13.8 Å². The van der Waals surface area contributed by atoms with Crippen LogP contribution in [-0.2, 0) is 9.59 Å². The average Bonchev–Trinajstić information content (AvgIpc) is 2.42. The van der Waals surface area contributed by atoms with Crippen molar-refractivity contribution in [1.29, 1.82) is 0 Å². The highest BCUT2D eigenvalue weighted by atomic mass is 16.4. The molecule has 0 fully saturated rings. The largest absolute Gasteiger partial charge is 0.480 e. The number of aliphatic carboxylic acids is 1. The Morgan fingerprint density at radius 1 is 1.10 bits per heavy atom. The molecule has 2 N–H and O–H groups in total. The van der Waals surface area contributed by atoms with Crippen molar-refractivity contribution >= 4 is 11.9 Å². The Kier molecular flexibility index (Phi) is 7.71. The lowest BCUT2D eigenvalue weighted by molar-refractivity contribution is -0.147. The third-order valence-corrected chi connectivity index (χ3v) is 3.91. The van der Waals surface area contributed by atoms with Gasteiger partial charge >= 0.3 is 5.97 Å². The van der Waals surface area contributed by atoms with Crippen LogP contribution in [0.1, 0.15) is 50.3 Å². The van der Waals surface area contributed by atoms with E-state index in [1.165, 1.54) is 23.6 Å². The molecule has 4 nitrogen and oxygen atoms in total. The van der Waals surface area contributed by atoms with Gasteiger partial charge in [-0.2, -0.15) is 0 Å². The van der Waals surface area contributed by atoms with Crippen LogP contribution in [0.2, 0.25) is 0 Å². The van der Waals surface area contributed by atoms with E-state index >= 15 is 0 Å². The lowest BCUT2D eigenvalue weighted by Crippen LogP contribution is -2.53. The van der Waals surface area contributed by atoms with Crippen LogP contribution in [0.3, 0.4) is 0 Å². The van der Waals surface area contributed by atoms with Gasteiger partial charge in [0.15, 0.2) is 0 Å². The van der Waals surface area contributed by atoms with Gasteiger partial charge < -0.3 is 10.4 Å². The number of carbonyl (C=O) groups is 2. The van der Waals surface area contributed by atoms with Crippen LogP contribution in [-0.4, -0.2) is 22.5 Å². The van der Waals surface area contributed by atoms with Crippen molar-refractivity contribution in [3.05, 3.63) is 34.9 Å².